The maximum Gasteiger partial charge on any atom is 0.270 e. The first-order valence-corrected chi connectivity index (χ1v) is 8.14. The van der Waals surface area contributed by atoms with Gasteiger partial charge in [-0.2, -0.15) is 0 Å². The first-order chi connectivity index (χ1) is 12.1. The highest BCUT2D eigenvalue weighted by Gasteiger charge is 2.16. The van der Waals surface area contributed by atoms with Crippen LogP contribution in [-0.4, -0.2) is 16.8 Å². The molecule has 1 unspecified atom stereocenters. The van der Waals surface area contributed by atoms with E-state index in [0.717, 1.165) is 0 Å². The van der Waals surface area contributed by atoms with Gasteiger partial charge in [-0.3, -0.25) is 20.4 Å². The lowest BCUT2D eigenvalue weighted by Crippen LogP contribution is -2.44. The molecule has 128 valence electrons. The van der Waals surface area contributed by atoms with E-state index >= 15 is 0 Å². The van der Waals surface area contributed by atoms with E-state index in [0.29, 0.717) is 34.3 Å². The van der Waals surface area contributed by atoms with Gasteiger partial charge in [-0.15, -0.1) is 0 Å². The fourth-order valence-corrected chi connectivity index (χ4v) is 2.41. The van der Waals surface area contributed by atoms with Crippen molar-refractivity contribution in [2.24, 2.45) is 5.92 Å². The van der Waals surface area contributed by atoms with Gasteiger partial charge in [-0.25, -0.2) is 4.98 Å². The lowest BCUT2D eigenvalue weighted by Gasteiger charge is -2.12. The largest absolute Gasteiger partial charge is 0.463 e. The molecule has 1 atom stereocenters. The van der Waals surface area contributed by atoms with Crippen molar-refractivity contribution in [1.29, 1.82) is 0 Å². The standard InChI is InChI=1S/C19H19N3O3/c1-3-12(2)18(23)21-22-19(24)14-11-16(17-9-6-10-25-17)20-15-8-5-4-7-13(14)15/h4-12H,3H2,1-2H3,(H,21,23)(H,22,24). The summed E-state index contributed by atoms with van der Waals surface area (Å²) in [6.45, 7) is 3.72. The van der Waals surface area contributed by atoms with Crippen molar-refractivity contribution in [2.45, 2.75) is 20.3 Å². The molecule has 2 aromatic heterocycles. The normalized spacial score (nSPS) is 11.9. The van der Waals surface area contributed by atoms with Crippen LogP contribution in [-0.2, 0) is 4.79 Å². The van der Waals surface area contributed by atoms with E-state index in [9.17, 15) is 9.59 Å². The molecule has 0 saturated carbocycles. The maximum atomic E-state index is 12.6. The molecule has 3 aromatic rings. The Kier molecular flexibility index (Phi) is 4.79. The highest BCUT2D eigenvalue weighted by Crippen LogP contribution is 2.25. The summed E-state index contributed by atoms with van der Waals surface area (Å²) in [4.78, 5) is 29.0. The quantitative estimate of drug-likeness (QED) is 0.716. The number of hydrogen-bond donors (Lipinski definition) is 2. The summed E-state index contributed by atoms with van der Waals surface area (Å²) in [7, 11) is 0. The van der Waals surface area contributed by atoms with Crippen LogP contribution < -0.4 is 10.9 Å². The van der Waals surface area contributed by atoms with E-state index in [1.807, 2.05) is 31.2 Å². The summed E-state index contributed by atoms with van der Waals surface area (Å²) in [5, 5.41) is 0.702. The number of hydrogen-bond acceptors (Lipinski definition) is 4. The summed E-state index contributed by atoms with van der Waals surface area (Å²) in [5.41, 5.74) is 6.60. The van der Waals surface area contributed by atoms with Crippen molar-refractivity contribution in [2.75, 3.05) is 0 Å². The van der Waals surface area contributed by atoms with Crippen LogP contribution in [0.4, 0.5) is 0 Å². The van der Waals surface area contributed by atoms with Gasteiger partial charge in [-0.05, 0) is 30.7 Å². The van der Waals surface area contributed by atoms with E-state index in [2.05, 4.69) is 15.8 Å². The van der Waals surface area contributed by atoms with Crippen molar-refractivity contribution < 1.29 is 14.0 Å². The molecule has 0 fully saturated rings. The third-order valence-electron chi connectivity index (χ3n) is 4.09. The molecule has 0 aliphatic heterocycles. The summed E-state index contributed by atoms with van der Waals surface area (Å²) in [6.07, 6.45) is 2.25. The van der Waals surface area contributed by atoms with Crippen LogP contribution in [0.2, 0.25) is 0 Å². The molecule has 2 amide bonds. The van der Waals surface area contributed by atoms with Gasteiger partial charge in [0.05, 0.1) is 17.3 Å². The average molecular weight is 337 g/mol. The molecule has 0 spiro atoms. The topological polar surface area (TPSA) is 84.2 Å². The number of amides is 2. The number of pyridine rings is 1. The van der Waals surface area contributed by atoms with Crippen molar-refractivity contribution in [3.8, 4) is 11.5 Å². The van der Waals surface area contributed by atoms with Crippen molar-refractivity contribution >= 4 is 22.7 Å². The highest BCUT2D eigenvalue weighted by atomic mass is 16.3. The van der Waals surface area contributed by atoms with E-state index < -0.39 is 5.91 Å². The monoisotopic (exact) mass is 337 g/mol. The van der Waals surface area contributed by atoms with Crippen LogP contribution in [0.1, 0.15) is 30.6 Å². The van der Waals surface area contributed by atoms with Crippen LogP contribution in [0.15, 0.2) is 53.1 Å². The van der Waals surface area contributed by atoms with E-state index in [1.165, 1.54) is 0 Å². The van der Waals surface area contributed by atoms with Gasteiger partial charge in [0.25, 0.3) is 5.91 Å². The van der Waals surface area contributed by atoms with E-state index in [1.54, 1.807) is 31.4 Å². The Morgan fingerprint density at radius 2 is 1.96 bits per heavy atom. The zero-order chi connectivity index (χ0) is 17.8. The van der Waals surface area contributed by atoms with Gasteiger partial charge < -0.3 is 4.42 Å². The third kappa shape index (κ3) is 3.52. The van der Waals surface area contributed by atoms with Crippen LogP contribution in [0.25, 0.3) is 22.4 Å². The second-order valence-corrected chi connectivity index (χ2v) is 5.80. The summed E-state index contributed by atoms with van der Waals surface area (Å²) in [5.74, 6) is -0.222. The second kappa shape index (κ2) is 7.17. The van der Waals surface area contributed by atoms with Crippen molar-refractivity contribution in [1.82, 2.24) is 15.8 Å². The number of benzene rings is 1. The van der Waals surface area contributed by atoms with Crippen LogP contribution >= 0.6 is 0 Å². The van der Waals surface area contributed by atoms with Gasteiger partial charge >= 0.3 is 0 Å². The van der Waals surface area contributed by atoms with E-state index in [4.69, 9.17) is 4.42 Å². The number of hydrazine groups is 1. The minimum absolute atomic E-state index is 0.173. The molecule has 0 radical (unpaired) electrons. The Morgan fingerprint density at radius 1 is 1.16 bits per heavy atom. The second-order valence-electron chi connectivity index (χ2n) is 5.80. The first kappa shape index (κ1) is 16.7. The highest BCUT2D eigenvalue weighted by molar-refractivity contribution is 6.07. The zero-order valence-electron chi connectivity index (χ0n) is 14.1. The molecule has 0 saturated heterocycles. The van der Waals surface area contributed by atoms with Gasteiger partial charge in [-0.1, -0.05) is 32.0 Å². The number of furan rings is 1. The average Bonchev–Trinajstić information content (AvgIpc) is 3.19. The molecule has 2 heterocycles. The fraction of sp³-hybridized carbons (Fsp3) is 0.211. The molecule has 3 rings (SSSR count). The number of nitrogens with zero attached hydrogens (tertiary/aromatic N) is 1. The summed E-state index contributed by atoms with van der Waals surface area (Å²) in [6, 6.07) is 12.5. The summed E-state index contributed by atoms with van der Waals surface area (Å²) < 4.78 is 5.38. The number of carbonyl (C=O) groups is 2. The lowest BCUT2D eigenvalue weighted by molar-refractivity contribution is -0.125. The number of carbonyl (C=O) groups excluding carboxylic acids is 2. The number of nitrogens with one attached hydrogen (secondary N) is 2. The Labute approximate surface area is 145 Å². The number of fused-ring (bicyclic) bond motifs is 1. The SMILES string of the molecule is CCC(C)C(=O)NNC(=O)c1cc(-c2ccco2)nc2ccccc12. The Hall–Kier alpha value is -3.15. The molecule has 25 heavy (non-hydrogen) atoms. The number of para-hydroxylation sites is 1. The van der Waals surface area contributed by atoms with Crippen molar-refractivity contribution in [3.63, 3.8) is 0 Å². The molecular weight excluding hydrogens is 318 g/mol. The van der Waals surface area contributed by atoms with E-state index in [-0.39, 0.29) is 11.8 Å². The Morgan fingerprint density at radius 3 is 2.68 bits per heavy atom. The van der Waals surface area contributed by atoms with Crippen LogP contribution in [0.3, 0.4) is 0 Å². The van der Waals surface area contributed by atoms with Crippen molar-refractivity contribution in [3.05, 3.63) is 54.3 Å². The molecule has 0 bridgehead atoms. The molecule has 0 aliphatic carbocycles. The van der Waals surface area contributed by atoms with Gasteiger partial charge in [0.2, 0.25) is 5.91 Å². The molecule has 0 aliphatic rings. The molecular formula is C19H19N3O3. The zero-order valence-corrected chi connectivity index (χ0v) is 14.1. The predicted molar refractivity (Wildman–Crippen MR) is 94.5 cm³/mol. The number of rotatable bonds is 4. The fourth-order valence-electron chi connectivity index (χ4n) is 2.41. The maximum absolute atomic E-state index is 12.6. The summed E-state index contributed by atoms with van der Waals surface area (Å²) >= 11 is 0. The van der Waals surface area contributed by atoms with Gasteiger partial charge in [0.1, 0.15) is 5.69 Å². The predicted octanol–water partition coefficient (Wildman–Crippen LogP) is 3.30. The Bertz CT molecular complexity index is 903. The minimum atomic E-state index is -0.400. The smallest absolute Gasteiger partial charge is 0.270 e. The molecule has 2 N–H and O–H groups in total. The minimum Gasteiger partial charge on any atom is -0.463 e. The van der Waals surface area contributed by atoms with Crippen LogP contribution in [0.5, 0.6) is 0 Å². The van der Waals surface area contributed by atoms with Gasteiger partial charge in [0.15, 0.2) is 5.76 Å². The molecule has 1 aromatic carbocycles. The Balaban J connectivity index is 1.94. The molecule has 6 heteroatoms. The van der Waals surface area contributed by atoms with Crippen LogP contribution in [0, 0.1) is 5.92 Å². The lowest BCUT2D eigenvalue weighted by atomic mass is 10.1. The number of aromatic nitrogens is 1. The third-order valence-corrected chi connectivity index (χ3v) is 4.09. The first-order valence-electron chi connectivity index (χ1n) is 8.14. The van der Waals surface area contributed by atoms with Gasteiger partial charge in [0, 0.05) is 11.3 Å². The molecule has 6 nitrogen and oxygen atoms in total.